The van der Waals surface area contributed by atoms with Crippen molar-refractivity contribution < 1.29 is 17.5 Å². The van der Waals surface area contributed by atoms with Crippen molar-refractivity contribution in [3.63, 3.8) is 0 Å². The Hall–Kier alpha value is -3.05. The molecule has 3 rings (SSSR count). The zero-order valence-corrected chi connectivity index (χ0v) is 17.7. The number of nitrogens with zero attached hydrogens (tertiary/aromatic N) is 4. The van der Waals surface area contributed by atoms with Crippen LogP contribution >= 0.6 is 0 Å². The zero-order chi connectivity index (χ0) is 21.7. The number of aryl methyl sites for hydroxylation is 1. The Kier molecular flexibility index (Phi) is 6.63. The summed E-state index contributed by atoms with van der Waals surface area (Å²) in [5.74, 6) is 0.477. The molecule has 0 saturated heterocycles. The summed E-state index contributed by atoms with van der Waals surface area (Å²) in [5.41, 5.74) is 1.87. The van der Waals surface area contributed by atoms with Gasteiger partial charge >= 0.3 is 0 Å². The third-order valence-electron chi connectivity index (χ3n) is 4.39. The van der Waals surface area contributed by atoms with E-state index in [0.29, 0.717) is 11.6 Å². The van der Waals surface area contributed by atoms with Crippen LogP contribution < -0.4 is 14.8 Å². The first kappa shape index (κ1) is 21.7. The van der Waals surface area contributed by atoms with Gasteiger partial charge in [0.2, 0.25) is 10.0 Å². The number of hydrogen-bond donors (Lipinski definition) is 2. The van der Waals surface area contributed by atoms with Crippen molar-refractivity contribution in [3.8, 4) is 11.6 Å². The highest BCUT2D eigenvalue weighted by Crippen LogP contribution is 2.21. The van der Waals surface area contributed by atoms with Crippen molar-refractivity contribution in [2.24, 2.45) is 0 Å². The molecule has 0 aliphatic rings. The Labute approximate surface area is 174 Å². The summed E-state index contributed by atoms with van der Waals surface area (Å²) in [6.07, 6.45) is 3.10. The van der Waals surface area contributed by atoms with Gasteiger partial charge < -0.3 is 10.1 Å². The summed E-state index contributed by atoms with van der Waals surface area (Å²) in [6.45, 7) is 6.22. The maximum atomic E-state index is 13.9. The minimum Gasteiger partial charge on any atom is -0.491 e. The predicted molar refractivity (Wildman–Crippen MR) is 110 cm³/mol. The van der Waals surface area contributed by atoms with E-state index in [0.717, 1.165) is 17.5 Å². The molecule has 30 heavy (non-hydrogen) atoms. The molecule has 0 bridgehead atoms. The lowest BCUT2D eigenvalue weighted by Gasteiger charge is -2.11. The number of ether oxygens (including phenoxy) is 1. The summed E-state index contributed by atoms with van der Waals surface area (Å²) in [5, 5.41) is 3.04. The third kappa shape index (κ3) is 4.92. The van der Waals surface area contributed by atoms with Gasteiger partial charge in [0.1, 0.15) is 24.3 Å². The molecule has 0 aliphatic carbocycles. The van der Waals surface area contributed by atoms with Crippen LogP contribution in [0.25, 0.3) is 5.82 Å². The van der Waals surface area contributed by atoms with Crippen LogP contribution in [0, 0.1) is 19.7 Å². The zero-order valence-electron chi connectivity index (χ0n) is 16.9. The lowest BCUT2D eigenvalue weighted by atomic mass is 10.3. The fourth-order valence-corrected chi connectivity index (χ4v) is 3.73. The second-order valence-corrected chi connectivity index (χ2v) is 8.16. The highest BCUT2D eigenvalue weighted by molar-refractivity contribution is 7.89. The molecule has 0 saturated carbocycles. The van der Waals surface area contributed by atoms with E-state index in [-0.39, 0.29) is 30.3 Å². The van der Waals surface area contributed by atoms with Crippen molar-refractivity contribution in [2.45, 2.75) is 25.7 Å². The molecule has 0 aliphatic heterocycles. The van der Waals surface area contributed by atoms with E-state index < -0.39 is 15.8 Å². The van der Waals surface area contributed by atoms with Crippen LogP contribution in [-0.2, 0) is 10.0 Å². The van der Waals surface area contributed by atoms with Gasteiger partial charge in [-0.1, -0.05) is 0 Å². The van der Waals surface area contributed by atoms with Gasteiger partial charge in [0, 0.05) is 24.8 Å². The number of nitrogens with one attached hydrogen (secondary N) is 2. The van der Waals surface area contributed by atoms with Crippen LogP contribution in [0.3, 0.4) is 0 Å². The van der Waals surface area contributed by atoms with Crippen molar-refractivity contribution >= 4 is 15.8 Å². The lowest BCUT2D eigenvalue weighted by Crippen LogP contribution is -2.29. The Morgan fingerprint density at radius 3 is 2.60 bits per heavy atom. The average Bonchev–Trinajstić information content (AvgIpc) is 3.06. The summed E-state index contributed by atoms with van der Waals surface area (Å²) < 4.78 is 48.0. The van der Waals surface area contributed by atoms with Crippen LogP contribution in [0.15, 0.2) is 41.8 Å². The van der Waals surface area contributed by atoms with E-state index in [2.05, 4.69) is 25.0 Å². The summed E-state index contributed by atoms with van der Waals surface area (Å²) >= 11 is 0. The highest BCUT2D eigenvalue weighted by Gasteiger charge is 2.16. The number of halogens is 1. The quantitative estimate of drug-likeness (QED) is 0.497. The van der Waals surface area contributed by atoms with Crippen molar-refractivity contribution in [2.75, 3.05) is 25.0 Å². The Bertz CT molecular complexity index is 1130. The fraction of sp³-hybridized carbons (Fsp3) is 0.316. The lowest BCUT2D eigenvalue weighted by molar-refractivity contribution is 0.321. The minimum absolute atomic E-state index is 0.0148. The van der Waals surface area contributed by atoms with Gasteiger partial charge in [0.25, 0.3) is 0 Å². The SMILES string of the molecule is CCOc1ccc(S(=O)(=O)NCCNc2cc(-n3cnc(C)c3C)ncn2)cc1F. The average molecular weight is 434 g/mol. The van der Waals surface area contributed by atoms with Gasteiger partial charge in [0.15, 0.2) is 11.6 Å². The number of hydrogen-bond acceptors (Lipinski definition) is 7. The van der Waals surface area contributed by atoms with Gasteiger partial charge in [0.05, 0.1) is 17.2 Å². The molecular formula is C19H23FN6O3S. The van der Waals surface area contributed by atoms with Crippen LogP contribution in [0.2, 0.25) is 0 Å². The molecule has 0 fully saturated rings. The molecule has 0 radical (unpaired) electrons. The van der Waals surface area contributed by atoms with Crippen LogP contribution in [-0.4, -0.2) is 47.6 Å². The standard InChI is InChI=1S/C19H23FN6O3S/c1-4-29-17-6-5-15(9-16(17)20)30(27,28)25-8-7-21-18-10-19(23-11-22-18)26-12-24-13(2)14(26)3/h5-6,9-12,25H,4,7-8H2,1-3H3,(H,21,22,23). The number of anilines is 1. The van der Waals surface area contributed by atoms with Crippen molar-refractivity contribution in [3.05, 3.63) is 54.1 Å². The Morgan fingerprint density at radius 2 is 1.93 bits per heavy atom. The van der Waals surface area contributed by atoms with Gasteiger partial charge in [-0.25, -0.2) is 32.5 Å². The molecular weight excluding hydrogens is 411 g/mol. The maximum Gasteiger partial charge on any atom is 0.240 e. The number of rotatable bonds is 9. The van der Waals surface area contributed by atoms with Crippen LogP contribution in [0.5, 0.6) is 5.75 Å². The summed E-state index contributed by atoms with van der Waals surface area (Å²) in [7, 11) is -3.85. The third-order valence-corrected chi connectivity index (χ3v) is 5.85. The van der Waals surface area contributed by atoms with Gasteiger partial charge in [-0.3, -0.25) is 4.57 Å². The van der Waals surface area contributed by atoms with Gasteiger partial charge in [-0.15, -0.1) is 0 Å². The molecule has 1 aromatic carbocycles. The summed E-state index contributed by atoms with van der Waals surface area (Å²) in [4.78, 5) is 12.4. The molecule has 2 N–H and O–H groups in total. The Morgan fingerprint density at radius 1 is 1.13 bits per heavy atom. The molecule has 0 unspecified atom stereocenters. The molecule has 2 heterocycles. The van der Waals surface area contributed by atoms with E-state index in [1.54, 1.807) is 19.3 Å². The van der Waals surface area contributed by atoms with E-state index >= 15 is 0 Å². The first-order valence-electron chi connectivity index (χ1n) is 9.30. The monoisotopic (exact) mass is 434 g/mol. The van der Waals surface area contributed by atoms with Gasteiger partial charge in [-0.05, 0) is 39.0 Å². The van der Waals surface area contributed by atoms with Crippen molar-refractivity contribution in [1.82, 2.24) is 24.2 Å². The number of benzene rings is 1. The molecule has 11 heteroatoms. The fourth-order valence-electron chi connectivity index (χ4n) is 2.69. The smallest absolute Gasteiger partial charge is 0.240 e. The molecule has 0 spiro atoms. The Balaban J connectivity index is 1.59. The van der Waals surface area contributed by atoms with Crippen LogP contribution in [0.1, 0.15) is 18.3 Å². The second-order valence-electron chi connectivity index (χ2n) is 6.40. The number of sulfonamides is 1. The number of aromatic nitrogens is 4. The maximum absolute atomic E-state index is 13.9. The van der Waals surface area contributed by atoms with E-state index in [4.69, 9.17) is 4.74 Å². The largest absolute Gasteiger partial charge is 0.491 e. The van der Waals surface area contributed by atoms with E-state index in [9.17, 15) is 12.8 Å². The summed E-state index contributed by atoms with van der Waals surface area (Å²) in [6, 6.07) is 5.28. The molecule has 0 atom stereocenters. The first-order valence-corrected chi connectivity index (χ1v) is 10.8. The van der Waals surface area contributed by atoms with Crippen LogP contribution in [0.4, 0.5) is 10.2 Å². The molecule has 0 amide bonds. The second kappa shape index (κ2) is 9.18. The van der Waals surface area contributed by atoms with E-state index in [1.807, 2.05) is 18.4 Å². The first-order chi connectivity index (χ1) is 14.3. The van der Waals surface area contributed by atoms with E-state index in [1.165, 1.54) is 18.5 Å². The number of imidazole rings is 1. The predicted octanol–water partition coefficient (Wildman–Crippen LogP) is 2.21. The highest BCUT2D eigenvalue weighted by atomic mass is 32.2. The molecule has 9 nitrogen and oxygen atoms in total. The molecule has 3 aromatic rings. The molecule has 2 aromatic heterocycles. The van der Waals surface area contributed by atoms with Gasteiger partial charge in [-0.2, -0.15) is 0 Å². The van der Waals surface area contributed by atoms with Crippen molar-refractivity contribution in [1.29, 1.82) is 0 Å². The minimum atomic E-state index is -3.85. The topological polar surface area (TPSA) is 111 Å². The normalized spacial score (nSPS) is 11.5. The molecule has 160 valence electrons.